The van der Waals surface area contributed by atoms with Gasteiger partial charge in [-0.2, -0.15) is 0 Å². The van der Waals surface area contributed by atoms with Crippen LogP contribution in [0, 0.1) is 6.92 Å². The number of benzene rings is 1. The number of hydrogen-bond donors (Lipinski definition) is 3. The summed E-state index contributed by atoms with van der Waals surface area (Å²) in [7, 11) is 0. The Morgan fingerprint density at radius 1 is 1.03 bits per heavy atom. The molecule has 31 heavy (non-hydrogen) atoms. The Kier molecular flexibility index (Phi) is 10.8. The lowest BCUT2D eigenvalue weighted by Crippen LogP contribution is -2.58. The zero-order valence-corrected chi connectivity index (χ0v) is 20.0. The highest BCUT2D eigenvalue weighted by atomic mass is 16.6. The van der Waals surface area contributed by atoms with Crippen molar-refractivity contribution in [3.8, 4) is 5.75 Å². The summed E-state index contributed by atoms with van der Waals surface area (Å²) in [5.74, 6) is 0.240. The molecule has 0 fully saturated rings. The summed E-state index contributed by atoms with van der Waals surface area (Å²) in [4.78, 5) is 24.8. The molecule has 0 bridgehead atoms. The number of rotatable bonds is 12. The van der Waals surface area contributed by atoms with Crippen LogP contribution >= 0.6 is 0 Å². The predicted molar refractivity (Wildman–Crippen MR) is 124 cm³/mol. The highest BCUT2D eigenvalue weighted by molar-refractivity contribution is 5.99. The van der Waals surface area contributed by atoms with E-state index in [0.717, 1.165) is 24.2 Å². The first-order chi connectivity index (χ1) is 14.5. The second-order valence-electron chi connectivity index (χ2n) is 9.17. The van der Waals surface area contributed by atoms with E-state index < -0.39 is 29.7 Å². The molecule has 7 nitrogen and oxygen atoms in total. The fraction of sp³-hybridized carbons (Fsp3) is 0.667. The van der Waals surface area contributed by atoms with Gasteiger partial charge in [0.25, 0.3) is 5.91 Å². The number of ether oxygens (including phenoxy) is 2. The summed E-state index contributed by atoms with van der Waals surface area (Å²) >= 11 is 0. The topological polar surface area (TPSA) is 96.9 Å². The van der Waals surface area contributed by atoms with E-state index in [2.05, 4.69) is 17.6 Å². The number of hydrogen-bond acceptors (Lipinski definition) is 5. The van der Waals surface area contributed by atoms with Crippen molar-refractivity contribution in [2.24, 2.45) is 0 Å². The summed E-state index contributed by atoms with van der Waals surface area (Å²) in [5.41, 5.74) is -0.780. The number of amides is 2. The molecule has 0 aliphatic carbocycles. The number of aryl methyl sites for hydroxylation is 1. The molecule has 1 aromatic rings. The number of anilines is 1. The van der Waals surface area contributed by atoms with E-state index in [0.29, 0.717) is 12.3 Å². The van der Waals surface area contributed by atoms with Gasteiger partial charge in [0.05, 0.1) is 13.2 Å². The van der Waals surface area contributed by atoms with Gasteiger partial charge in [0, 0.05) is 5.69 Å². The zero-order chi connectivity index (χ0) is 23.5. The van der Waals surface area contributed by atoms with Gasteiger partial charge in [-0.1, -0.05) is 39.0 Å². The van der Waals surface area contributed by atoms with Crippen molar-refractivity contribution in [3.63, 3.8) is 0 Å². The fourth-order valence-corrected chi connectivity index (χ4v) is 2.92. The number of nitrogens with one attached hydrogen (secondary N) is 2. The van der Waals surface area contributed by atoms with Crippen LogP contribution in [0.15, 0.2) is 18.2 Å². The van der Waals surface area contributed by atoms with Crippen molar-refractivity contribution in [1.82, 2.24) is 5.32 Å². The number of carbonyl (C=O) groups is 2. The number of carbonyl (C=O) groups excluding carboxylic acids is 2. The molecule has 3 N–H and O–H groups in total. The summed E-state index contributed by atoms with van der Waals surface area (Å²) < 4.78 is 11.1. The number of unbranched alkanes of at least 4 members (excludes halogenated alkanes) is 5. The first-order valence-corrected chi connectivity index (χ1v) is 11.2. The Hall–Kier alpha value is -2.28. The van der Waals surface area contributed by atoms with Crippen LogP contribution in [0.3, 0.4) is 0 Å². The summed E-state index contributed by atoms with van der Waals surface area (Å²) in [6.45, 7) is 10.8. The average Bonchev–Trinajstić information content (AvgIpc) is 2.67. The van der Waals surface area contributed by atoms with Gasteiger partial charge in [-0.3, -0.25) is 4.79 Å². The Labute approximate surface area is 186 Å². The lowest BCUT2D eigenvalue weighted by molar-refractivity contribution is -0.123. The van der Waals surface area contributed by atoms with Crippen molar-refractivity contribution in [3.05, 3.63) is 23.8 Å². The maximum atomic E-state index is 12.7. The SMILES string of the molecule is CCCCCCCCOc1ccc(NC(=O)[C@](C)(CO)NC(=O)OC(C)(C)C)cc1C. The average molecular weight is 437 g/mol. The van der Waals surface area contributed by atoms with Crippen LogP contribution < -0.4 is 15.4 Å². The van der Waals surface area contributed by atoms with Gasteiger partial charge in [-0.15, -0.1) is 0 Å². The maximum absolute atomic E-state index is 12.7. The molecule has 0 saturated heterocycles. The monoisotopic (exact) mass is 436 g/mol. The minimum absolute atomic E-state index is 0.541. The first-order valence-electron chi connectivity index (χ1n) is 11.2. The van der Waals surface area contributed by atoms with Crippen LogP contribution in [0.25, 0.3) is 0 Å². The normalized spacial score (nSPS) is 13.3. The van der Waals surface area contributed by atoms with Crippen LogP contribution in [0.2, 0.25) is 0 Å². The number of aliphatic hydroxyl groups excluding tert-OH is 1. The van der Waals surface area contributed by atoms with E-state index >= 15 is 0 Å². The van der Waals surface area contributed by atoms with E-state index in [1.54, 1.807) is 32.9 Å². The molecule has 1 rings (SSSR count). The van der Waals surface area contributed by atoms with Gasteiger partial charge in [0.2, 0.25) is 0 Å². The van der Waals surface area contributed by atoms with Crippen LogP contribution in [0.5, 0.6) is 5.75 Å². The Balaban J connectivity index is 2.61. The molecular weight excluding hydrogens is 396 g/mol. The highest BCUT2D eigenvalue weighted by Crippen LogP contribution is 2.23. The smallest absolute Gasteiger partial charge is 0.408 e. The lowest BCUT2D eigenvalue weighted by atomic mass is 10.0. The number of alkyl carbamates (subject to hydrolysis) is 1. The van der Waals surface area contributed by atoms with Gasteiger partial charge in [-0.05, 0) is 64.8 Å². The molecule has 2 amide bonds. The van der Waals surface area contributed by atoms with E-state index in [4.69, 9.17) is 9.47 Å². The predicted octanol–water partition coefficient (Wildman–Crippen LogP) is 4.95. The van der Waals surface area contributed by atoms with E-state index in [9.17, 15) is 14.7 Å². The van der Waals surface area contributed by atoms with Crippen LogP contribution in [0.4, 0.5) is 10.5 Å². The molecule has 0 aliphatic heterocycles. The molecular formula is C24H40N2O5. The first kappa shape index (κ1) is 26.8. The van der Waals surface area contributed by atoms with E-state index in [1.807, 2.05) is 13.0 Å². The van der Waals surface area contributed by atoms with Crippen LogP contribution in [-0.4, -0.2) is 41.5 Å². The fourth-order valence-electron chi connectivity index (χ4n) is 2.92. The molecule has 0 spiro atoms. The molecule has 0 aliphatic rings. The van der Waals surface area contributed by atoms with Crippen molar-refractivity contribution in [1.29, 1.82) is 0 Å². The van der Waals surface area contributed by atoms with E-state index in [-0.39, 0.29) is 0 Å². The van der Waals surface area contributed by atoms with Gasteiger partial charge in [0.15, 0.2) is 0 Å². The molecule has 7 heteroatoms. The van der Waals surface area contributed by atoms with Gasteiger partial charge < -0.3 is 25.2 Å². The van der Waals surface area contributed by atoms with Crippen LogP contribution in [0.1, 0.15) is 78.7 Å². The standard InChI is InChI=1S/C24H40N2O5/c1-7-8-9-10-11-12-15-30-20-14-13-19(16-18(20)2)25-21(28)24(6,17-27)26-22(29)31-23(3,4)5/h13-14,16,27H,7-12,15,17H2,1-6H3,(H,25,28)(H,26,29)/t24-/m0/s1. The largest absolute Gasteiger partial charge is 0.493 e. The Bertz CT molecular complexity index is 714. The third-order valence-electron chi connectivity index (χ3n) is 4.78. The molecule has 0 unspecified atom stereocenters. The van der Waals surface area contributed by atoms with Crippen molar-refractivity contribution < 1.29 is 24.2 Å². The van der Waals surface area contributed by atoms with E-state index in [1.165, 1.54) is 32.6 Å². The molecule has 0 aromatic heterocycles. The van der Waals surface area contributed by atoms with Crippen LogP contribution in [-0.2, 0) is 9.53 Å². The quantitative estimate of drug-likeness (QED) is 0.403. The summed E-state index contributed by atoms with van der Waals surface area (Å²) in [5, 5.41) is 14.9. The van der Waals surface area contributed by atoms with Crippen molar-refractivity contribution in [2.75, 3.05) is 18.5 Å². The molecule has 0 heterocycles. The van der Waals surface area contributed by atoms with Crippen molar-refractivity contribution >= 4 is 17.7 Å². The summed E-state index contributed by atoms with van der Waals surface area (Å²) in [6, 6.07) is 5.37. The lowest BCUT2D eigenvalue weighted by Gasteiger charge is -2.29. The summed E-state index contributed by atoms with van der Waals surface area (Å²) in [6.07, 6.45) is 6.46. The molecule has 0 saturated carbocycles. The Morgan fingerprint density at radius 2 is 1.68 bits per heavy atom. The second kappa shape index (κ2) is 12.5. The molecule has 1 aromatic carbocycles. The maximum Gasteiger partial charge on any atom is 0.408 e. The minimum Gasteiger partial charge on any atom is -0.493 e. The minimum atomic E-state index is -1.52. The third-order valence-corrected chi connectivity index (χ3v) is 4.78. The highest BCUT2D eigenvalue weighted by Gasteiger charge is 2.36. The van der Waals surface area contributed by atoms with Gasteiger partial charge in [-0.25, -0.2) is 4.79 Å². The van der Waals surface area contributed by atoms with Gasteiger partial charge >= 0.3 is 6.09 Å². The second-order valence-corrected chi connectivity index (χ2v) is 9.17. The molecule has 1 atom stereocenters. The third kappa shape index (κ3) is 10.0. The van der Waals surface area contributed by atoms with Crippen molar-refractivity contribution in [2.45, 2.75) is 91.2 Å². The zero-order valence-electron chi connectivity index (χ0n) is 20.0. The molecule has 0 radical (unpaired) electrons. The Morgan fingerprint density at radius 3 is 2.26 bits per heavy atom. The van der Waals surface area contributed by atoms with Gasteiger partial charge in [0.1, 0.15) is 16.9 Å². The number of aliphatic hydroxyl groups is 1. The molecule has 176 valence electrons.